The lowest BCUT2D eigenvalue weighted by atomic mass is 10.0. The van der Waals surface area contributed by atoms with Crippen molar-refractivity contribution in [2.75, 3.05) is 0 Å². The lowest BCUT2D eigenvalue weighted by Crippen LogP contribution is -2.15. The van der Waals surface area contributed by atoms with Crippen LogP contribution in [0.3, 0.4) is 0 Å². The van der Waals surface area contributed by atoms with Crippen molar-refractivity contribution in [1.29, 1.82) is 0 Å². The van der Waals surface area contributed by atoms with E-state index in [1.165, 1.54) is 0 Å². The first-order chi connectivity index (χ1) is 10.0. The maximum absolute atomic E-state index is 10.9. The molecule has 0 atom stereocenters. The third-order valence-electron chi connectivity index (χ3n) is 3.03. The van der Waals surface area contributed by atoms with Gasteiger partial charge in [0.2, 0.25) is 0 Å². The normalized spacial score (nSPS) is 10.6. The molecule has 0 heterocycles. The van der Waals surface area contributed by atoms with E-state index >= 15 is 0 Å². The summed E-state index contributed by atoms with van der Waals surface area (Å²) in [7, 11) is 0. The average Bonchev–Trinajstić information content (AvgIpc) is 2.39. The average molecular weight is 369 g/mol. The van der Waals surface area contributed by atoms with Gasteiger partial charge in [-0.2, -0.15) is 0 Å². The molecule has 2 aromatic rings. The monoisotopic (exact) mass is 367 g/mol. The van der Waals surface area contributed by atoms with Crippen molar-refractivity contribution in [3.8, 4) is 0 Å². The van der Waals surface area contributed by atoms with Gasteiger partial charge in [0.05, 0.1) is 6.42 Å². The smallest absolute Gasteiger partial charge is 0.307 e. The zero-order chi connectivity index (χ0) is 15.2. The molecule has 0 fully saturated rings. The van der Waals surface area contributed by atoms with Gasteiger partial charge in [0, 0.05) is 22.6 Å². The van der Waals surface area contributed by atoms with Crippen LogP contribution in [0.1, 0.15) is 16.7 Å². The van der Waals surface area contributed by atoms with Gasteiger partial charge in [-0.1, -0.05) is 51.8 Å². The van der Waals surface area contributed by atoms with Gasteiger partial charge in [0.1, 0.15) is 0 Å². The third kappa shape index (κ3) is 5.16. The zero-order valence-corrected chi connectivity index (χ0v) is 13.6. The Morgan fingerprint density at radius 1 is 1.14 bits per heavy atom. The largest absolute Gasteiger partial charge is 0.481 e. The molecule has 0 unspecified atom stereocenters. The topological polar surface area (TPSA) is 49.3 Å². The molecule has 3 nitrogen and oxygen atoms in total. The lowest BCUT2D eigenvalue weighted by Gasteiger charge is -2.10. The van der Waals surface area contributed by atoms with E-state index in [1.807, 2.05) is 42.5 Å². The summed E-state index contributed by atoms with van der Waals surface area (Å²) in [4.78, 5) is 10.9. The van der Waals surface area contributed by atoms with Gasteiger partial charge in [-0.25, -0.2) is 0 Å². The quantitative estimate of drug-likeness (QED) is 0.809. The first-order valence-corrected chi connectivity index (χ1v) is 7.66. The number of benzene rings is 2. The fourth-order valence-electron chi connectivity index (χ4n) is 2.12. The van der Waals surface area contributed by atoms with Crippen LogP contribution in [0.2, 0.25) is 5.02 Å². The molecule has 2 rings (SSSR count). The van der Waals surface area contributed by atoms with Crippen molar-refractivity contribution in [2.45, 2.75) is 19.5 Å². The Bertz CT molecular complexity index is 626. The summed E-state index contributed by atoms with van der Waals surface area (Å²) in [6, 6.07) is 13.3. The van der Waals surface area contributed by atoms with E-state index in [-0.39, 0.29) is 6.42 Å². The molecular weight excluding hydrogens is 354 g/mol. The summed E-state index contributed by atoms with van der Waals surface area (Å²) in [6.07, 6.45) is 0.0422. The molecule has 0 spiro atoms. The maximum atomic E-state index is 10.9. The minimum atomic E-state index is -0.818. The summed E-state index contributed by atoms with van der Waals surface area (Å²) >= 11 is 9.42. The first-order valence-electron chi connectivity index (χ1n) is 6.49. The maximum Gasteiger partial charge on any atom is 0.307 e. The summed E-state index contributed by atoms with van der Waals surface area (Å²) in [5.41, 5.74) is 2.91. The second-order valence-corrected chi connectivity index (χ2v) is 6.07. The number of aliphatic carboxylic acids is 1. The second-order valence-electron chi connectivity index (χ2n) is 4.72. The van der Waals surface area contributed by atoms with Crippen LogP contribution in [0, 0.1) is 0 Å². The summed E-state index contributed by atoms with van der Waals surface area (Å²) in [5, 5.41) is 12.9. The highest BCUT2D eigenvalue weighted by Crippen LogP contribution is 2.19. The van der Waals surface area contributed by atoms with Gasteiger partial charge in [-0.15, -0.1) is 0 Å². The minimum Gasteiger partial charge on any atom is -0.481 e. The van der Waals surface area contributed by atoms with Gasteiger partial charge < -0.3 is 10.4 Å². The van der Waals surface area contributed by atoms with Crippen LogP contribution in [0.5, 0.6) is 0 Å². The number of nitrogens with one attached hydrogen (secondary N) is 1. The lowest BCUT2D eigenvalue weighted by molar-refractivity contribution is -0.136. The van der Waals surface area contributed by atoms with E-state index in [1.54, 1.807) is 0 Å². The van der Waals surface area contributed by atoms with E-state index in [0.717, 1.165) is 21.2 Å². The third-order valence-corrected chi connectivity index (χ3v) is 3.70. The predicted octanol–water partition coefficient (Wildman–Crippen LogP) is 4.02. The number of carboxylic acids is 1. The highest BCUT2D eigenvalue weighted by molar-refractivity contribution is 9.10. The van der Waals surface area contributed by atoms with Crippen LogP contribution in [-0.4, -0.2) is 11.1 Å². The number of carbonyl (C=O) groups is 1. The Labute approximate surface area is 137 Å². The Morgan fingerprint density at radius 3 is 2.52 bits per heavy atom. The molecule has 2 aromatic carbocycles. The van der Waals surface area contributed by atoms with E-state index in [2.05, 4.69) is 21.2 Å². The molecule has 0 saturated carbocycles. The number of rotatable bonds is 6. The number of halogens is 2. The second kappa shape index (κ2) is 7.59. The Balaban J connectivity index is 1.98. The van der Waals surface area contributed by atoms with Gasteiger partial charge >= 0.3 is 5.97 Å². The van der Waals surface area contributed by atoms with Crippen molar-refractivity contribution in [3.63, 3.8) is 0 Å². The van der Waals surface area contributed by atoms with Crippen molar-refractivity contribution < 1.29 is 9.90 Å². The Hall–Kier alpha value is -1.36. The van der Waals surface area contributed by atoms with E-state index in [9.17, 15) is 4.79 Å². The van der Waals surface area contributed by atoms with Crippen molar-refractivity contribution in [3.05, 3.63) is 68.7 Å². The highest BCUT2D eigenvalue weighted by atomic mass is 79.9. The van der Waals surface area contributed by atoms with Crippen molar-refractivity contribution in [2.24, 2.45) is 0 Å². The van der Waals surface area contributed by atoms with Crippen LogP contribution in [0.25, 0.3) is 0 Å². The summed E-state index contributed by atoms with van der Waals surface area (Å²) < 4.78 is 0.943. The van der Waals surface area contributed by atoms with Crippen molar-refractivity contribution >= 4 is 33.5 Å². The van der Waals surface area contributed by atoms with E-state index < -0.39 is 5.97 Å². The fourth-order valence-corrected chi connectivity index (χ4v) is 3.05. The van der Waals surface area contributed by atoms with Gasteiger partial charge in [-0.05, 0) is 34.9 Å². The predicted molar refractivity (Wildman–Crippen MR) is 87.5 cm³/mol. The number of hydrogen-bond acceptors (Lipinski definition) is 2. The molecular formula is C16H15BrClNO2. The number of carboxylic acid groups (broad SMARTS) is 1. The summed E-state index contributed by atoms with van der Waals surface area (Å²) in [5.74, 6) is -0.818. The van der Waals surface area contributed by atoms with Crippen LogP contribution >= 0.6 is 27.5 Å². The Morgan fingerprint density at radius 2 is 1.86 bits per heavy atom. The van der Waals surface area contributed by atoms with Crippen molar-refractivity contribution in [1.82, 2.24) is 5.32 Å². The molecule has 0 aromatic heterocycles. The molecule has 110 valence electrons. The molecule has 0 aliphatic rings. The molecule has 21 heavy (non-hydrogen) atoms. The number of hydrogen-bond donors (Lipinski definition) is 2. The van der Waals surface area contributed by atoms with Crippen LogP contribution in [-0.2, 0) is 24.3 Å². The SMILES string of the molecule is O=C(O)Cc1ccccc1CNCc1cc(Cl)cc(Br)c1. The Kier molecular flexibility index (Phi) is 5.79. The molecule has 0 radical (unpaired) electrons. The van der Waals surface area contributed by atoms with Crippen LogP contribution < -0.4 is 5.32 Å². The molecule has 0 aliphatic carbocycles. The first kappa shape index (κ1) is 16.0. The van der Waals surface area contributed by atoms with Gasteiger partial charge in [0.25, 0.3) is 0 Å². The standard InChI is InChI=1S/C16H15BrClNO2/c17-14-5-11(6-15(18)8-14)9-19-10-13-4-2-1-3-12(13)7-16(20)21/h1-6,8,19H,7,9-10H2,(H,20,21). The minimum absolute atomic E-state index is 0.0422. The highest BCUT2D eigenvalue weighted by Gasteiger charge is 2.06. The van der Waals surface area contributed by atoms with Gasteiger partial charge in [-0.3, -0.25) is 4.79 Å². The van der Waals surface area contributed by atoms with Crippen LogP contribution in [0.15, 0.2) is 46.9 Å². The van der Waals surface area contributed by atoms with E-state index in [0.29, 0.717) is 18.1 Å². The zero-order valence-electron chi connectivity index (χ0n) is 11.3. The molecule has 0 saturated heterocycles. The summed E-state index contributed by atoms with van der Waals surface area (Å²) in [6.45, 7) is 1.29. The van der Waals surface area contributed by atoms with E-state index in [4.69, 9.17) is 16.7 Å². The van der Waals surface area contributed by atoms with Gasteiger partial charge in [0.15, 0.2) is 0 Å². The fraction of sp³-hybridized carbons (Fsp3) is 0.188. The van der Waals surface area contributed by atoms with Crippen LogP contribution in [0.4, 0.5) is 0 Å². The molecule has 2 N–H and O–H groups in total. The molecule has 0 amide bonds. The molecule has 0 aliphatic heterocycles. The molecule has 0 bridgehead atoms. The molecule has 5 heteroatoms.